The molecule has 2 amide bonds. The van der Waals surface area contributed by atoms with Crippen LogP contribution in [0.25, 0.3) is 10.6 Å². The van der Waals surface area contributed by atoms with Crippen LogP contribution >= 0.6 is 11.3 Å². The molecule has 2 aromatic carbocycles. The second-order valence-electron chi connectivity index (χ2n) is 11.1. The van der Waals surface area contributed by atoms with E-state index < -0.39 is 28.1 Å². The standard InChI is InChI=1S/C31H35N5O7S2/c1-18-15-36(19(2)17-37)31(39)24-7-6-8-25(33-29(38)22-9-11-23(12-10-22)30-32-13-14-44-30)27(24)42-26(18)16-35(5)45(40,41)28-20(3)34-43-21(28)4/h6-14,18-19,26,37H,15-17H2,1-5H3,(H,33,38)/t18-,19+,26+/m0/s1. The van der Waals surface area contributed by atoms with Gasteiger partial charge < -0.3 is 24.6 Å². The number of aryl methyl sites for hydroxylation is 2. The Morgan fingerprint density at radius 2 is 1.96 bits per heavy atom. The average Bonchev–Trinajstić information content (AvgIpc) is 3.68. The highest BCUT2D eigenvalue weighted by atomic mass is 32.2. The summed E-state index contributed by atoms with van der Waals surface area (Å²) in [6, 6.07) is 11.3. The number of nitrogens with one attached hydrogen (secondary N) is 1. The summed E-state index contributed by atoms with van der Waals surface area (Å²) >= 11 is 1.49. The number of carbonyl (C=O) groups is 2. The van der Waals surface area contributed by atoms with Crippen LogP contribution in [0.1, 0.15) is 46.0 Å². The van der Waals surface area contributed by atoms with Gasteiger partial charge in [-0.3, -0.25) is 9.59 Å². The van der Waals surface area contributed by atoms with Crippen molar-refractivity contribution in [1.29, 1.82) is 0 Å². The number of ether oxygens (including phenoxy) is 1. The number of aromatic nitrogens is 2. The first-order valence-corrected chi connectivity index (χ1v) is 16.7. The van der Waals surface area contributed by atoms with Gasteiger partial charge in [0.05, 0.1) is 30.4 Å². The van der Waals surface area contributed by atoms with Crippen molar-refractivity contribution in [1.82, 2.24) is 19.3 Å². The molecule has 12 nitrogen and oxygen atoms in total. The molecule has 5 rings (SSSR count). The van der Waals surface area contributed by atoms with E-state index in [1.165, 1.54) is 29.6 Å². The maximum atomic E-state index is 13.8. The fourth-order valence-corrected chi connectivity index (χ4v) is 7.35. The Balaban J connectivity index is 1.49. The molecule has 0 spiro atoms. The van der Waals surface area contributed by atoms with Gasteiger partial charge in [0, 0.05) is 42.2 Å². The minimum absolute atomic E-state index is 0.0107. The van der Waals surface area contributed by atoms with Crippen LogP contribution in [0, 0.1) is 19.8 Å². The summed E-state index contributed by atoms with van der Waals surface area (Å²) in [5.41, 5.74) is 1.94. The van der Waals surface area contributed by atoms with Gasteiger partial charge in [0.1, 0.15) is 21.7 Å². The molecular formula is C31H35N5O7S2. The van der Waals surface area contributed by atoms with E-state index in [4.69, 9.17) is 9.26 Å². The molecule has 0 radical (unpaired) electrons. The van der Waals surface area contributed by atoms with E-state index >= 15 is 0 Å². The van der Waals surface area contributed by atoms with Gasteiger partial charge >= 0.3 is 0 Å². The highest BCUT2D eigenvalue weighted by molar-refractivity contribution is 7.89. The highest BCUT2D eigenvalue weighted by Gasteiger charge is 2.37. The summed E-state index contributed by atoms with van der Waals surface area (Å²) in [5.74, 6) is -0.881. The number of sulfonamides is 1. The third-order valence-electron chi connectivity index (χ3n) is 7.84. The summed E-state index contributed by atoms with van der Waals surface area (Å²) in [5, 5.41) is 19.3. The zero-order chi connectivity index (χ0) is 32.5. The van der Waals surface area contributed by atoms with Crippen molar-refractivity contribution in [2.75, 3.05) is 32.1 Å². The van der Waals surface area contributed by atoms with Crippen LogP contribution in [0.3, 0.4) is 0 Å². The number of carbonyl (C=O) groups excluding carboxylic acids is 2. The first-order chi connectivity index (χ1) is 21.4. The van der Waals surface area contributed by atoms with Crippen LogP contribution in [-0.2, 0) is 10.0 Å². The number of amides is 2. The number of thiazole rings is 1. The maximum Gasteiger partial charge on any atom is 0.258 e. The predicted octanol–water partition coefficient (Wildman–Crippen LogP) is 4.21. The van der Waals surface area contributed by atoms with E-state index in [9.17, 15) is 23.1 Å². The first-order valence-electron chi connectivity index (χ1n) is 14.3. The van der Waals surface area contributed by atoms with Crippen molar-refractivity contribution >= 4 is 38.9 Å². The molecule has 0 saturated carbocycles. The monoisotopic (exact) mass is 653 g/mol. The zero-order valence-corrected chi connectivity index (χ0v) is 27.2. The number of fused-ring (bicyclic) bond motifs is 1. The third kappa shape index (κ3) is 6.50. The van der Waals surface area contributed by atoms with Crippen molar-refractivity contribution in [2.45, 2.75) is 44.7 Å². The number of rotatable bonds is 9. The van der Waals surface area contributed by atoms with Crippen LogP contribution < -0.4 is 10.1 Å². The number of likely N-dealkylation sites (N-methyl/N-ethyl adjacent to an activating group) is 1. The van der Waals surface area contributed by atoms with Crippen LogP contribution in [0.4, 0.5) is 5.69 Å². The van der Waals surface area contributed by atoms with E-state index in [1.807, 2.05) is 24.4 Å². The minimum Gasteiger partial charge on any atom is -0.486 e. The lowest BCUT2D eigenvalue weighted by molar-refractivity contribution is 0.0388. The van der Waals surface area contributed by atoms with E-state index in [0.717, 1.165) is 10.6 Å². The second kappa shape index (κ2) is 13.1. The minimum atomic E-state index is -4.01. The lowest BCUT2D eigenvalue weighted by Gasteiger charge is -2.38. The van der Waals surface area contributed by atoms with Crippen molar-refractivity contribution in [3.05, 3.63) is 76.6 Å². The summed E-state index contributed by atoms with van der Waals surface area (Å²) in [6.45, 7) is 6.53. The van der Waals surface area contributed by atoms with Gasteiger partial charge in [0.2, 0.25) is 10.0 Å². The van der Waals surface area contributed by atoms with Crippen molar-refractivity contribution in [3.63, 3.8) is 0 Å². The Kier molecular flexibility index (Phi) is 9.39. The number of aliphatic hydroxyl groups is 1. The average molecular weight is 654 g/mol. The Morgan fingerprint density at radius 3 is 2.58 bits per heavy atom. The molecule has 0 unspecified atom stereocenters. The fourth-order valence-electron chi connectivity index (χ4n) is 5.23. The van der Waals surface area contributed by atoms with Gasteiger partial charge in [-0.25, -0.2) is 13.4 Å². The highest BCUT2D eigenvalue weighted by Crippen LogP contribution is 2.36. The fraction of sp³-hybridized carbons (Fsp3) is 0.355. The number of aliphatic hydroxyl groups excluding tert-OH is 1. The molecule has 0 bridgehead atoms. The maximum absolute atomic E-state index is 13.8. The number of hydrogen-bond donors (Lipinski definition) is 2. The van der Waals surface area contributed by atoms with Gasteiger partial charge in [0.15, 0.2) is 11.5 Å². The lowest BCUT2D eigenvalue weighted by Crippen LogP contribution is -2.50. The van der Waals surface area contributed by atoms with Crippen molar-refractivity contribution in [2.24, 2.45) is 5.92 Å². The molecule has 0 saturated heterocycles. The quantitative estimate of drug-likeness (QED) is 0.270. The van der Waals surface area contributed by atoms with E-state index in [-0.39, 0.29) is 64.9 Å². The molecule has 45 heavy (non-hydrogen) atoms. The van der Waals surface area contributed by atoms with Crippen LogP contribution in [0.2, 0.25) is 0 Å². The van der Waals surface area contributed by atoms with E-state index in [2.05, 4.69) is 15.5 Å². The molecule has 0 aliphatic carbocycles. The molecule has 2 aromatic heterocycles. The molecule has 3 heterocycles. The number of para-hydroxylation sites is 1. The predicted molar refractivity (Wildman–Crippen MR) is 169 cm³/mol. The molecule has 14 heteroatoms. The van der Waals surface area contributed by atoms with Gasteiger partial charge in [-0.1, -0.05) is 30.3 Å². The Labute approximate surface area is 265 Å². The number of benzene rings is 2. The van der Waals surface area contributed by atoms with Gasteiger partial charge in [-0.2, -0.15) is 4.31 Å². The smallest absolute Gasteiger partial charge is 0.258 e. The second-order valence-corrected chi connectivity index (χ2v) is 14.0. The van der Waals surface area contributed by atoms with E-state index in [1.54, 1.807) is 55.3 Å². The van der Waals surface area contributed by atoms with Crippen LogP contribution in [-0.4, -0.2) is 83.6 Å². The lowest BCUT2D eigenvalue weighted by atomic mass is 9.99. The molecule has 238 valence electrons. The normalized spacial score (nSPS) is 17.8. The van der Waals surface area contributed by atoms with Gasteiger partial charge in [-0.15, -0.1) is 11.3 Å². The Bertz CT molecular complexity index is 1770. The molecule has 3 atom stereocenters. The first kappa shape index (κ1) is 32.3. The molecule has 0 fully saturated rings. The summed E-state index contributed by atoms with van der Waals surface area (Å²) in [4.78, 5) is 33.0. The van der Waals surface area contributed by atoms with Crippen molar-refractivity contribution in [3.8, 4) is 16.3 Å². The Morgan fingerprint density at radius 1 is 1.22 bits per heavy atom. The molecule has 4 aromatic rings. The molecular weight excluding hydrogens is 619 g/mol. The van der Waals surface area contributed by atoms with Gasteiger partial charge in [0.25, 0.3) is 11.8 Å². The van der Waals surface area contributed by atoms with Crippen LogP contribution in [0.5, 0.6) is 5.75 Å². The summed E-state index contributed by atoms with van der Waals surface area (Å²) < 4.78 is 39.9. The van der Waals surface area contributed by atoms with Gasteiger partial charge in [-0.05, 0) is 45.0 Å². The van der Waals surface area contributed by atoms with E-state index in [0.29, 0.717) is 5.56 Å². The molecule has 2 N–H and O–H groups in total. The summed E-state index contributed by atoms with van der Waals surface area (Å²) in [7, 11) is -2.56. The molecule has 1 aliphatic rings. The van der Waals surface area contributed by atoms with Crippen molar-refractivity contribution < 1.29 is 32.4 Å². The largest absolute Gasteiger partial charge is 0.486 e. The number of anilines is 1. The third-order valence-corrected chi connectivity index (χ3v) is 10.7. The Hall–Kier alpha value is -4.11. The summed E-state index contributed by atoms with van der Waals surface area (Å²) in [6.07, 6.45) is 0.965. The number of nitrogens with zero attached hydrogens (tertiary/aromatic N) is 4. The SMILES string of the molecule is Cc1noc(C)c1S(=O)(=O)N(C)C[C@H]1Oc2c(NC(=O)c3ccc(-c4nccs4)cc3)cccc2C(=O)N([C@H](C)CO)C[C@@H]1C. The zero-order valence-electron chi connectivity index (χ0n) is 25.6. The van der Waals surface area contributed by atoms with Crippen LogP contribution in [0.15, 0.2) is 63.5 Å². The number of hydrogen-bond acceptors (Lipinski definition) is 10. The topological polar surface area (TPSA) is 155 Å². The molecule has 1 aliphatic heterocycles.